The van der Waals surface area contributed by atoms with Crippen LogP contribution in [0, 0.1) is 23.3 Å². The summed E-state index contributed by atoms with van der Waals surface area (Å²) < 4.78 is 51.5. The van der Waals surface area contributed by atoms with Gasteiger partial charge in [-0.05, 0) is 24.3 Å². The number of halogens is 4. The van der Waals surface area contributed by atoms with Gasteiger partial charge in [0.2, 0.25) is 0 Å². The summed E-state index contributed by atoms with van der Waals surface area (Å²) in [7, 11) is 0. The second kappa shape index (κ2) is 5.05. The molecule has 0 aliphatic heterocycles. The Morgan fingerprint density at radius 3 is 2.37 bits per heavy atom. The molecule has 0 unspecified atom stereocenters. The molecule has 2 aromatic rings. The number of hydrogen-bond donors (Lipinski definition) is 1. The summed E-state index contributed by atoms with van der Waals surface area (Å²) in [6, 6.07) is 3.60. The first-order valence-electron chi connectivity index (χ1n) is 5.05. The fraction of sp³-hybridized carbons (Fsp3) is 0. The molecule has 7 heteroatoms. The molecule has 1 N–H and O–H groups in total. The molecule has 0 aliphatic carbocycles. The molecule has 1 aromatic carbocycles. The lowest BCUT2D eigenvalue weighted by atomic mass is 10.2. The van der Waals surface area contributed by atoms with E-state index in [-0.39, 0.29) is 5.82 Å². The van der Waals surface area contributed by atoms with Gasteiger partial charge < -0.3 is 5.32 Å². The zero-order valence-corrected chi connectivity index (χ0v) is 9.25. The summed E-state index contributed by atoms with van der Waals surface area (Å²) in [5, 5.41) is 2.13. The molecule has 19 heavy (non-hydrogen) atoms. The van der Waals surface area contributed by atoms with Gasteiger partial charge in [0.15, 0.2) is 17.5 Å². The molecule has 1 aromatic heterocycles. The smallest absolute Gasteiger partial charge is 0.259 e. The number of rotatable bonds is 2. The van der Waals surface area contributed by atoms with E-state index in [2.05, 4.69) is 10.3 Å². The Labute approximate surface area is 104 Å². The summed E-state index contributed by atoms with van der Waals surface area (Å²) in [6.45, 7) is 0. The number of carbonyl (C=O) groups is 1. The van der Waals surface area contributed by atoms with E-state index in [0.29, 0.717) is 6.07 Å². The maximum absolute atomic E-state index is 13.3. The van der Waals surface area contributed by atoms with Gasteiger partial charge in [-0.2, -0.15) is 0 Å². The first-order chi connectivity index (χ1) is 8.99. The number of anilines is 1. The van der Waals surface area contributed by atoms with Crippen LogP contribution < -0.4 is 5.32 Å². The number of amides is 1. The van der Waals surface area contributed by atoms with Crippen LogP contribution in [0.1, 0.15) is 10.4 Å². The summed E-state index contributed by atoms with van der Waals surface area (Å²) in [5.41, 5.74) is -0.676. The number of benzene rings is 1. The molecule has 0 radical (unpaired) electrons. The molecular formula is C12H6F4N2O. The van der Waals surface area contributed by atoms with E-state index in [1.165, 1.54) is 0 Å². The number of nitrogens with one attached hydrogen (secondary N) is 1. The van der Waals surface area contributed by atoms with E-state index in [0.717, 1.165) is 24.4 Å². The van der Waals surface area contributed by atoms with Crippen molar-refractivity contribution in [2.24, 2.45) is 0 Å². The predicted octanol–water partition coefficient (Wildman–Crippen LogP) is 2.89. The third-order valence-corrected chi connectivity index (χ3v) is 2.25. The van der Waals surface area contributed by atoms with Gasteiger partial charge in [-0.1, -0.05) is 0 Å². The fourth-order valence-corrected chi connectivity index (χ4v) is 1.33. The van der Waals surface area contributed by atoms with Crippen LogP contribution >= 0.6 is 0 Å². The highest BCUT2D eigenvalue weighted by Gasteiger charge is 2.19. The second-order valence-electron chi connectivity index (χ2n) is 3.54. The van der Waals surface area contributed by atoms with Crippen molar-refractivity contribution in [3.05, 3.63) is 59.3 Å². The number of carbonyl (C=O) groups excluding carboxylic acids is 1. The highest BCUT2D eigenvalue weighted by molar-refractivity contribution is 6.03. The third kappa shape index (κ3) is 2.70. The van der Waals surface area contributed by atoms with E-state index >= 15 is 0 Å². The quantitative estimate of drug-likeness (QED) is 0.673. The van der Waals surface area contributed by atoms with Gasteiger partial charge in [0, 0.05) is 0 Å². The molecule has 0 saturated carbocycles. The summed E-state index contributed by atoms with van der Waals surface area (Å²) in [4.78, 5) is 15.1. The molecule has 0 atom stereocenters. The van der Waals surface area contributed by atoms with E-state index in [9.17, 15) is 22.4 Å². The Morgan fingerprint density at radius 2 is 1.74 bits per heavy atom. The van der Waals surface area contributed by atoms with Gasteiger partial charge in [0.1, 0.15) is 11.6 Å². The highest BCUT2D eigenvalue weighted by atomic mass is 19.2. The minimum atomic E-state index is -1.74. The van der Waals surface area contributed by atoms with Gasteiger partial charge in [-0.15, -0.1) is 0 Å². The maximum atomic E-state index is 13.3. The first kappa shape index (κ1) is 13.0. The monoisotopic (exact) mass is 270 g/mol. The van der Waals surface area contributed by atoms with Crippen LogP contribution in [0.5, 0.6) is 0 Å². The zero-order valence-electron chi connectivity index (χ0n) is 9.25. The number of nitrogens with zero attached hydrogens (tertiary/aromatic N) is 1. The molecule has 1 heterocycles. The van der Waals surface area contributed by atoms with Crippen LogP contribution in [0.15, 0.2) is 30.5 Å². The van der Waals surface area contributed by atoms with E-state index < -0.39 is 34.7 Å². The molecule has 0 aliphatic rings. The number of aromatic nitrogens is 1. The van der Waals surface area contributed by atoms with Crippen LogP contribution in [0.25, 0.3) is 0 Å². The average molecular weight is 270 g/mol. The van der Waals surface area contributed by atoms with Crippen molar-refractivity contribution in [3.63, 3.8) is 0 Å². The van der Waals surface area contributed by atoms with Crippen molar-refractivity contribution in [2.45, 2.75) is 0 Å². The normalized spacial score (nSPS) is 10.3. The van der Waals surface area contributed by atoms with E-state index in [1.807, 2.05) is 0 Å². The van der Waals surface area contributed by atoms with Crippen molar-refractivity contribution < 1.29 is 22.4 Å². The van der Waals surface area contributed by atoms with E-state index in [4.69, 9.17) is 0 Å². The van der Waals surface area contributed by atoms with Crippen LogP contribution in [0.3, 0.4) is 0 Å². The van der Waals surface area contributed by atoms with Crippen molar-refractivity contribution in [1.29, 1.82) is 0 Å². The summed E-state index contributed by atoms with van der Waals surface area (Å²) in [5.74, 6) is -6.41. The van der Waals surface area contributed by atoms with Gasteiger partial charge >= 0.3 is 0 Å². The number of hydrogen-bond acceptors (Lipinski definition) is 2. The van der Waals surface area contributed by atoms with Gasteiger partial charge in [0.05, 0.1) is 11.8 Å². The standard InChI is InChI=1S/C12H6F4N2O/c13-6-1-4-9(17-5-6)18-12(19)7-2-3-8(14)11(16)10(7)15/h1-5H,(H,17,18,19). The van der Waals surface area contributed by atoms with Gasteiger partial charge in [-0.25, -0.2) is 22.5 Å². The van der Waals surface area contributed by atoms with Gasteiger partial charge in [-0.3, -0.25) is 4.79 Å². The Kier molecular flexibility index (Phi) is 3.46. The molecule has 0 bridgehead atoms. The van der Waals surface area contributed by atoms with Crippen LogP contribution in [-0.2, 0) is 0 Å². The van der Waals surface area contributed by atoms with Crippen molar-refractivity contribution >= 4 is 11.7 Å². The lowest BCUT2D eigenvalue weighted by Crippen LogP contribution is -2.16. The number of pyridine rings is 1. The first-order valence-corrected chi connectivity index (χ1v) is 5.05. The molecule has 98 valence electrons. The predicted molar refractivity (Wildman–Crippen MR) is 58.5 cm³/mol. The Hall–Kier alpha value is -2.44. The van der Waals surface area contributed by atoms with Crippen LogP contribution in [0.2, 0.25) is 0 Å². The lowest BCUT2D eigenvalue weighted by molar-refractivity contribution is 0.102. The van der Waals surface area contributed by atoms with Crippen molar-refractivity contribution in [1.82, 2.24) is 4.98 Å². The molecule has 1 amide bonds. The summed E-state index contributed by atoms with van der Waals surface area (Å²) in [6.07, 6.45) is 0.844. The SMILES string of the molecule is O=C(Nc1ccc(F)cn1)c1ccc(F)c(F)c1F. The summed E-state index contributed by atoms with van der Waals surface area (Å²) >= 11 is 0. The average Bonchev–Trinajstić information content (AvgIpc) is 2.39. The van der Waals surface area contributed by atoms with Crippen LogP contribution in [0.4, 0.5) is 23.4 Å². The molecular weight excluding hydrogens is 264 g/mol. The Balaban J connectivity index is 2.25. The topological polar surface area (TPSA) is 42.0 Å². The Morgan fingerprint density at radius 1 is 1.00 bits per heavy atom. The lowest BCUT2D eigenvalue weighted by Gasteiger charge is -2.06. The van der Waals surface area contributed by atoms with Crippen LogP contribution in [-0.4, -0.2) is 10.9 Å². The minimum absolute atomic E-state index is 0.0458. The largest absolute Gasteiger partial charge is 0.306 e. The minimum Gasteiger partial charge on any atom is -0.306 e. The molecule has 0 saturated heterocycles. The van der Waals surface area contributed by atoms with E-state index in [1.54, 1.807) is 0 Å². The fourth-order valence-electron chi connectivity index (χ4n) is 1.33. The van der Waals surface area contributed by atoms with Crippen molar-refractivity contribution in [2.75, 3.05) is 5.32 Å². The van der Waals surface area contributed by atoms with Gasteiger partial charge in [0.25, 0.3) is 5.91 Å². The zero-order chi connectivity index (χ0) is 14.0. The molecule has 3 nitrogen and oxygen atoms in total. The Bertz CT molecular complexity index is 628. The third-order valence-electron chi connectivity index (χ3n) is 2.25. The molecule has 2 rings (SSSR count). The van der Waals surface area contributed by atoms with Crippen molar-refractivity contribution in [3.8, 4) is 0 Å². The second-order valence-corrected chi connectivity index (χ2v) is 3.54. The molecule has 0 fully saturated rings. The maximum Gasteiger partial charge on any atom is 0.259 e. The highest BCUT2D eigenvalue weighted by Crippen LogP contribution is 2.16. The molecule has 0 spiro atoms.